The number of benzene rings is 2. The van der Waals surface area contributed by atoms with Crippen LogP contribution >= 0.6 is 0 Å². The molecule has 0 radical (unpaired) electrons. The number of nitrogens with one attached hydrogen (secondary N) is 2. The van der Waals surface area contributed by atoms with Crippen LogP contribution in [0.5, 0.6) is 0 Å². The van der Waals surface area contributed by atoms with Crippen LogP contribution in [0.15, 0.2) is 42.5 Å². The first-order valence-corrected chi connectivity index (χ1v) is 7.53. The molecule has 0 aromatic heterocycles. The predicted molar refractivity (Wildman–Crippen MR) is 87.3 cm³/mol. The van der Waals surface area contributed by atoms with E-state index in [4.69, 9.17) is 0 Å². The summed E-state index contributed by atoms with van der Waals surface area (Å²) in [5, 5.41) is 3.30. The van der Waals surface area contributed by atoms with Gasteiger partial charge in [0, 0.05) is 0 Å². The maximum absolute atomic E-state index is 13.0. The van der Waals surface area contributed by atoms with E-state index in [1.165, 1.54) is 12.1 Å². The van der Waals surface area contributed by atoms with Gasteiger partial charge in [0.15, 0.2) is 6.54 Å². The van der Waals surface area contributed by atoms with Crippen molar-refractivity contribution >= 4 is 17.6 Å². The van der Waals surface area contributed by atoms with Gasteiger partial charge in [-0.25, -0.2) is 9.71 Å². The van der Waals surface area contributed by atoms with Crippen LogP contribution in [0.3, 0.4) is 0 Å². The van der Waals surface area contributed by atoms with Gasteiger partial charge in [0.1, 0.15) is 18.0 Å². The lowest BCUT2D eigenvalue weighted by Gasteiger charge is -2.13. The Hall–Kier alpha value is -2.69. The number of rotatable bonds is 3. The minimum atomic E-state index is -0.280. The number of halogens is 1. The van der Waals surface area contributed by atoms with Gasteiger partial charge in [-0.2, -0.15) is 4.90 Å². The highest BCUT2D eigenvalue weighted by Crippen LogP contribution is 2.17. The lowest BCUT2D eigenvalue weighted by Crippen LogP contribution is -2.72. The van der Waals surface area contributed by atoms with Crippen molar-refractivity contribution in [2.45, 2.75) is 20.4 Å². The smallest absolute Gasteiger partial charge is 0.266 e. The molecular weight excluding hydrogens is 293 g/mol. The van der Waals surface area contributed by atoms with E-state index < -0.39 is 0 Å². The maximum atomic E-state index is 13.0. The molecule has 1 aliphatic heterocycles. The molecule has 4 nitrogen and oxygen atoms in total. The molecule has 2 aromatic carbocycles. The molecule has 3 rings (SSSR count). The summed E-state index contributed by atoms with van der Waals surface area (Å²) in [5.74, 6) is 0.368. The zero-order chi connectivity index (χ0) is 16.4. The van der Waals surface area contributed by atoms with E-state index in [2.05, 4.69) is 16.4 Å². The van der Waals surface area contributed by atoms with E-state index in [0.717, 1.165) is 22.4 Å². The predicted octanol–water partition coefficient (Wildman–Crippen LogP) is 1.33. The van der Waals surface area contributed by atoms with E-state index in [1.54, 1.807) is 17.0 Å². The molecule has 0 aliphatic carbocycles. The van der Waals surface area contributed by atoms with E-state index in [0.29, 0.717) is 12.5 Å². The first-order valence-electron chi connectivity index (χ1n) is 7.53. The van der Waals surface area contributed by atoms with Crippen molar-refractivity contribution in [3.8, 4) is 0 Å². The van der Waals surface area contributed by atoms with Gasteiger partial charge >= 0.3 is 11.9 Å². The third-order valence-corrected chi connectivity index (χ3v) is 3.88. The van der Waals surface area contributed by atoms with Gasteiger partial charge in [-0.3, -0.25) is 9.79 Å². The zero-order valence-corrected chi connectivity index (χ0v) is 13.2. The highest BCUT2D eigenvalue weighted by Gasteiger charge is 2.33. The molecule has 1 aliphatic rings. The van der Waals surface area contributed by atoms with Crippen LogP contribution in [0.25, 0.3) is 0 Å². The fourth-order valence-electron chi connectivity index (χ4n) is 2.52. The Morgan fingerprint density at radius 1 is 1.17 bits per heavy atom. The van der Waals surface area contributed by atoms with E-state index >= 15 is 0 Å². The van der Waals surface area contributed by atoms with Gasteiger partial charge in [-0.15, -0.1) is 0 Å². The molecule has 0 bridgehead atoms. The number of hydrogen-bond donors (Lipinski definition) is 2. The van der Waals surface area contributed by atoms with Crippen LogP contribution in [0.1, 0.15) is 16.7 Å². The monoisotopic (exact) mass is 312 g/mol. The molecule has 23 heavy (non-hydrogen) atoms. The summed E-state index contributed by atoms with van der Waals surface area (Å²) in [4.78, 5) is 16.9. The van der Waals surface area contributed by atoms with Crippen LogP contribution in [0, 0.1) is 19.7 Å². The van der Waals surface area contributed by atoms with Crippen molar-refractivity contribution in [3.63, 3.8) is 0 Å². The molecule has 0 fully saturated rings. The number of hydrogen-bond acceptors (Lipinski definition) is 2. The highest BCUT2D eigenvalue weighted by molar-refractivity contribution is 6.04. The number of anilines is 1. The summed E-state index contributed by atoms with van der Waals surface area (Å²) in [6, 6.07) is 12.3. The Labute approximate surface area is 134 Å². The van der Waals surface area contributed by atoms with Crippen molar-refractivity contribution in [3.05, 3.63) is 65.0 Å². The Morgan fingerprint density at radius 2 is 1.91 bits per heavy atom. The number of amides is 1. The Balaban J connectivity index is 1.79. The average molecular weight is 312 g/mol. The Kier molecular flexibility index (Phi) is 4.10. The van der Waals surface area contributed by atoms with Crippen molar-refractivity contribution < 1.29 is 14.2 Å². The van der Waals surface area contributed by atoms with Gasteiger partial charge in [-0.1, -0.05) is 24.3 Å². The summed E-state index contributed by atoms with van der Waals surface area (Å²) < 4.78 is 13.0. The fourth-order valence-corrected chi connectivity index (χ4v) is 2.52. The zero-order valence-electron chi connectivity index (χ0n) is 13.2. The van der Waals surface area contributed by atoms with Gasteiger partial charge in [-0.05, 0) is 48.7 Å². The summed E-state index contributed by atoms with van der Waals surface area (Å²) >= 11 is 0. The molecule has 0 saturated carbocycles. The first kappa shape index (κ1) is 15.2. The molecule has 118 valence electrons. The van der Waals surface area contributed by atoms with Crippen molar-refractivity contribution in [1.29, 1.82) is 0 Å². The van der Waals surface area contributed by atoms with Crippen LogP contribution in [0.2, 0.25) is 0 Å². The minimum absolute atomic E-state index is 0.0119. The molecule has 2 aromatic rings. The van der Waals surface area contributed by atoms with Crippen LogP contribution < -0.4 is 10.3 Å². The molecule has 0 spiro atoms. The molecule has 5 heteroatoms. The number of guanidine groups is 1. The topological polar surface area (TPSA) is 46.3 Å². The lowest BCUT2D eigenvalue weighted by atomic mass is 10.1. The van der Waals surface area contributed by atoms with E-state index in [-0.39, 0.29) is 18.3 Å². The quantitative estimate of drug-likeness (QED) is 0.898. The maximum Gasteiger partial charge on any atom is 0.358 e. The molecule has 1 heterocycles. The van der Waals surface area contributed by atoms with Gasteiger partial charge in [0.05, 0.1) is 0 Å². The van der Waals surface area contributed by atoms with Crippen molar-refractivity contribution in [1.82, 2.24) is 4.90 Å². The molecule has 0 atom stereocenters. The lowest BCUT2D eigenvalue weighted by molar-refractivity contribution is -0.438. The second kappa shape index (κ2) is 6.20. The molecule has 0 saturated heterocycles. The summed E-state index contributed by atoms with van der Waals surface area (Å²) in [7, 11) is 0. The summed E-state index contributed by atoms with van der Waals surface area (Å²) in [5.41, 5.74) is 4.09. The third-order valence-electron chi connectivity index (χ3n) is 3.88. The third kappa shape index (κ3) is 3.39. The van der Waals surface area contributed by atoms with Gasteiger partial charge in [0.25, 0.3) is 0 Å². The summed E-state index contributed by atoms with van der Waals surface area (Å²) in [6.07, 6.45) is 0. The van der Waals surface area contributed by atoms with Gasteiger partial charge in [0.2, 0.25) is 0 Å². The standard InChI is InChI=1S/C18H18FN3O/c1-12-3-4-13(2)16(9-12)21-18-20-10-17(23)22(18)11-14-5-7-15(19)8-6-14/h3-9H,10-11H2,1-2H3,(H,20,21)/p+1. The largest absolute Gasteiger partial charge is 0.358 e. The van der Waals surface area contributed by atoms with Gasteiger partial charge < -0.3 is 0 Å². The highest BCUT2D eigenvalue weighted by atomic mass is 19.1. The van der Waals surface area contributed by atoms with Crippen LogP contribution in [-0.2, 0) is 11.3 Å². The van der Waals surface area contributed by atoms with Crippen molar-refractivity contribution in [2.75, 3.05) is 11.9 Å². The molecule has 2 N–H and O–H groups in total. The average Bonchev–Trinajstić information content (AvgIpc) is 2.86. The van der Waals surface area contributed by atoms with E-state index in [9.17, 15) is 9.18 Å². The second-order valence-corrected chi connectivity index (χ2v) is 5.75. The number of carbonyl (C=O) groups excluding carboxylic acids is 1. The summed E-state index contributed by atoms with van der Waals surface area (Å²) in [6.45, 7) is 4.70. The SMILES string of the molecule is Cc1ccc(C)c(NC2=[NH+]CC(=O)N2Cc2ccc(F)cc2)c1. The number of carbonyl (C=O) groups is 1. The van der Waals surface area contributed by atoms with E-state index in [1.807, 2.05) is 26.0 Å². The molecule has 1 amide bonds. The second-order valence-electron chi connectivity index (χ2n) is 5.75. The Morgan fingerprint density at radius 3 is 2.65 bits per heavy atom. The number of nitrogens with zero attached hydrogens (tertiary/aromatic N) is 1. The first-order chi connectivity index (χ1) is 11.0. The van der Waals surface area contributed by atoms with Crippen molar-refractivity contribution in [2.24, 2.45) is 0 Å². The minimum Gasteiger partial charge on any atom is -0.266 e. The number of aryl methyl sites for hydroxylation is 2. The molecular formula is C18H19FN3O+. The van der Waals surface area contributed by atoms with Crippen LogP contribution in [0.4, 0.5) is 10.1 Å². The van der Waals surface area contributed by atoms with Crippen LogP contribution in [-0.4, -0.2) is 23.3 Å². The normalized spacial score (nSPS) is 14.1. The molecule has 0 unspecified atom stereocenters. The fraction of sp³-hybridized carbons (Fsp3) is 0.222. The Bertz CT molecular complexity index is 768.